The van der Waals surface area contributed by atoms with E-state index < -0.39 is 0 Å². The Hall–Kier alpha value is -6.22. The van der Waals surface area contributed by atoms with Crippen LogP contribution in [0.3, 0.4) is 0 Å². The summed E-state index contributed by atoms with van der Waals surface area (Å²) in [6.07, 6.45) is 0. The highest BCUT2D eigenvalue weighted by atomic mass is 32.1. The molecule has 2 heteroatoms. The molecule has 10 aromatic rings. The van der Waals surface area contributed by atoms with E-state index in [1.165, 1.54) is 80.4 Å². The van der Waals surface area contributed by atoms with Crippen LogP contribution >= 0.6 is 11.3 Å². The molecule has 0 atom stereocenters. The van der Waals surface area contributed by atoms with Crippen LogP contribution in [0, 0.1) is 0 Å². The number of anilines is 3. The van der Waals surface area contributed by atoms with Gasteiger partial charge < -0.3 is 4.90 Å². The normalized spacial score (nSPS) is 11.6. The number of para-hydroxylation sites is 1. The molecule has 234 valence electrons. The van der Waals surface area contributed by atoms with E-state index in [0.717, 1.165) is 11.4 Å². The van der Waals surface area contributed by atoms with Crippen molar-refractivity contribution in [3.8, 4) is 22.3 Å². The molecule has 0 aliphatic heterocycles. The van der Waals surface area contributed by atoms with Gasteiger partial charge in [-0.25, -0.2) is 0 Å². The van der Waals surface area contributed by atoms with Gasteiger partial charge in [-0.3, -0.25) is 0 Å². The van der Waals surface area contributed by atoms with Crippen molar-refractivity contribution >= 4 is 80.9 Å². The minimum atomic E-state index is 1.12. The maximum atomic E-state index is 2.47. The van der Waals surface area contributed by atoms with Crippen LogP contribution in [-0.2, 0) is 0 Å². The Morgan fingerprint density at radius 1 is 0.340 bits per heavy atom. The lowest BCUT2D eigenvalue weighted by Gasteiger charge is -2.31. The largest absolute Gasteiger partial charge is 0.309 e. The van der Waals surface area contributed by atoms with Crippen molar-refractivity contribution in [2.75, 3.05) is 4.90 Å². The molecule has 0 saturated carbocycles. The van der Waals surface area contributed by atoms with Crippen molar-refractivity contribution in [1.82, 2.24) is 0 Å². The number of thiophene rings is 1. The molecule has 0 bridgehead atoms. The average molecular weight is 654 g/mol. The van der Waals surface area contributed by atoms with E-state index in [2.05, 4.69) is 193 Å². The highest BCUT2D eigenvalue weighted by Crippen LogP contribution is 2.51. The summed E-state index contributed by atoms with van der Waals surface area (Å²) in [5.41, 5.74) is 8.37. The van der Waals surface area contributed by atoms with Crippen molar-refractivity contribution in [2.24, 2.45) is 0 Å². The van der Waals surface area contributed by atoms with Gasteiger partial charge in [0, 0.05) is 42.5 Å². The molecule has 0 amide bonds. The second-order valence-electron chi connectivity index (χ2n) is 12.8. The number of hydrogen-bond acceptors (Lipinski definition) is 2. The standard InChI is InChI=1S/C48H31NS/c1-2-16-34(17-3-1)49(35-30-28-33(29-31-35)37-24-13-26-44-40-21-10-11-27-45(40)50-48(37)44)47-43-23-9-7-20-39(43)38-19-6-8-22-42(38)46(47)41-25-12-15-32-14-4-5-18-36(32)41/h1-31H. The Balaban J connectivity index is 1.26. The first-order valence-electron chi connectivity index (χ1n) is 17.1. The lowest BCUT2D eigenvalue weighted by molar-refractivity contribution is 1.30. The zero-order valence-electron chi connectivity index (χ0n) is 27.3. The predicted molar refractivity (Wildman–Crippen MR) is 217 cm³/mol. The fraction of sp³-hybridized carbons (Fsp3) is 0. The Morgan fingerprint density at radius 2 is 0.880 bits per heavy atom. The first-order valence-corrected chi connectivity index (χ1v) is 17.9. The summed E-state index contributed by atoms with van der Waals surface area (Å²) in [6.45, 7) is 0. The van der Waals surface area contributed by atoms with Crippen molar-refractivity contribution in [2.45, 2.75) is 0 Å². The summed E-state index contributed by atoms with van der Waals surface area (Å²) in [5, 5.41) is 10.1. The molecular formula is C48H31NS. The fourth-order valence-corrected chi connectivity index (χ4v) is 9.06. The first-order chi connectivity index (χ1) is 24.8. The van der Waals surface area contributed by atoms with Gasteiger partial charge in [0.25, 0.3) is 0 Å². The van der Waals surface area contributed by atoms with Gasteiger partial charge in [0.2, 0.25) is 0 Å². The van der Waals surface area contributed by atoms with Crippen LogP contribution in [0.1, 0.15) is 0 Å². The van der Waals surface area contributed by atoms with Crippen LogP contribution in [0.15, 0.2) is 188 Å². The van der Waals surface area contributed by atoms with Crippen LogP contribution in [-0.4, -0.2) is 0 Å². The van der Waals surface area contributed by atoms with E-state index >= 15 is 0 Å². The summed E-state index contributed by atoms with van der Waals surface area (Å²) in [5.74, 6) is 0. The van der Waals surface area contributed by atoms with Crippen LogP contribution in [0.4, 0.5) is 17.1 Å². The molecule has 1 aromatic heterocycles. The zero-order chi connectivity index (χ0) is 33.0. The third-order valence-electron chi connectivity index (χ3n) is 10.0. The highest BCUT2D eigenvalue weighted by Gasteiger charge is 2.24. The molecule has 0 N–H and O–H groups in total. The van der Waals surface area contributed by atoms with Gasteiger partial charge >= 0.3 is 0 Å². The summed E-state index contributed by atoms with van der Waals surface area (Å²) in [6, 6.07) is 68.7. The minimum absolute atomic E-state index is 1.12. The summed E-state index contributed by atoms with van der Waals surface area (Å²) in [7, 11) is 0. The second-order valence-corrected chi connectivity index (χ2v) is 13.9. The van der Waals surface area contributed by atoms with Crippen LogP contribution < -0.4 is 4.90 Å². The number of hydrogen-bond donors (Lipinski definition) is 0. The predicted octanol–water partition coefficient (Wildman–Crippen LogP) is 14.3. The van der Waals surface area contributed by atoms with E-state index in [0.29, 0.717) is 0 Å². The Labute approximate surface area is 294 Å². The van der Waals surface area contributed by atoms with Gasteiger partial charge in [0.15, 0.2) is 0 Å². The maximum absolute atomic E-state index is 2.47. The lowest BCUT2D eigenvalue weighted by atomic mass is 9.88. The van der Waals surface area contributed by atoms with Crippen LogP contribution in [0.25, 0.3) is 74.7 Å². The van der Waals surface area contributed by atoms with E-state index in [4.69, 9.17) is 0 Å². The van der Waals surface area contributed by atoms with Crippen molar-refractivity contribution in [3.05, 3.63) is 188 Å². The second kappa shape index (κ2) is 11.7. The number of rotatable bonds is 5. The summed E-state index contributed by atoms with van der Waals surface area (Å²) < 4.78 is 2.66. The molecule has 0 fully saturated rings. The van der Waals surface area contributed by atoms with Gasteiger partial charge in [0.05, 0.1) is 5.69 Å². The molecule has 1 nitrogen and oxygen atoms in total. The SMILES string of the molecule is c1ccc(N(c2ccc(-c3cccc4c3sc3ccccc34)cc2)c2c(-c3cccc4ccccc34)c3ccccc3c3ccccc23)cc1. The number of benzene rings is 9. The third-order valence-corrected chi connectivity index (χ3v) is 11.3. The molecule has 0 radical (unpaired) electrons. The van der Waals surface area contributed by atoms with E-state index in [1.54, 1.807) is 0 Å². The third kappa shape index (κ3) is 4.53. The lowest BCUT2D eigenvalue weighted by Crippen LogP contribution is -2.12. The van der Waals surface area contributed by atoms with Crippen molar-refractivity contribution < 1.29 is 0 Å². The maximum Gasteiger partial charge on any atom is 0.0625 e. The number of fused-ring (bicyclic) bond motifs is 7. The van der Waals surface area contributed by atoms with Crippen molar-refractivity contribution in [1.29, 1.82) is 0 Å². The van der Waals surface area contributed by atoms with E-state index in [9.17, 15) is 0 Å². The topological polar surface area (TPSA) is 3.24 Å². The summed E-state index contributed by atoms with van der Waals surface area (Å²) >= 11 is 1.88. The van der Waals surface area contributed by atoms with Crippen LogP contribution in [0.2, 0.25) is 0 Å². The van der Waals surface area contributed by atoms with Gasteiger partial charge in [-0.15, -0.1) is 11.3 Å². The number of nitrogens with zero attached hydrogens (tertiary/aromatic N) is 1. The molecule has 0 spiro atoms. The average Bonchev–Trinajstić information content (AvgIpc) is 3.58. The van der Waals surface area contributed by atoms with Gasteiger partial charge in [-0.2, -0.15) is 0 Å². The molecular weight excluding hydrogens is 623 g/mol. The molecule has 10 rings (SSSR count). The van der Waals surface area contributed by atoms with E-state index in [1.807, 2.05) is 11.3 Å². The molecule has 50 heavy (non-hydrogen) atoms. The Bertz CT molecular complexity index is 2860. The van der Waals surface area contributed by atoms with Gasteiger partial charge in [0.1, 0.15) is 0 Å². The van der Waals surface area contributed by atoms with Crippen molar-refractivity contribution in [3.63, 3.8) is 0 Å². The molecule has 0 saturated heterocycles. The highest BCUT2D eigenvalue weighted by molar-refractivity contribution is 7.26. The summed E-state index contributed by atoms with van der Waals surface area (Å²) in [4.78, 5) is 2.47. The molecule has 0 aliphatic rings. The quantitative estimate of drug-likeness (QED) is 0.167. The first kappa shape index (κ1) is 28.8. The zero-order valence-corrected chi connectivity index (χ0v) is 28.1. The van der Waals surface area contributed by atoms with Gasteiger partial charge in [-0.05, 0) is 74.0 Å². The fourth-order valence-electron chi connectivity index (χ4n) is 7.82. The molecule has 9 aromatic carbocycles. The molecule has 1 heterocycles. The van der Waals surface area contributed by atoms with Crippen LogP contribution in [0.5, 0.6) is 0 Å². The minimum Gasteiger partial charge on any atom is -0.309 e. The molecule has 0 aliphatic carbocycles. The van der Waals surface area contributed by atoms with Gasteiger partial charge in [-0.1, -0.05) is 158 Å². The Kier molecular flexibility index (Phi) is 6.75. The molecule has 0 unspecified atom stereocenters. The monoisotopic (exact) mass is 653 g/mol. The Morgan fingerprint density at radius 3 is 1.68 bits per heavy atom. The van der Waals surface area contributed by atoms with E-state index in [-0.39, 0.29) is 0 Å². The smallest absolute Gasteiger partial charge is 0.0625 e.